The van der Waals surface area contributed by atoms with Crippen molar-refractivity contribution in [2.45, 2.75) is 26.7 Å². The summed E-state index contributed by atoms with van der Waals surface area (Å²) < 4.78 is 0. The van der Waals surface area contributed by atoms with Crippen molar-refractivity contribution >= 4 is 11.9 Å². The SMILES string of the molecule is CCN(CC)CC(=O)N1CCN(CCCC(=O)O)CC1. The molecule has 1 N–H and O–H groups in total. The molecule has 0 spiro atoms. The number of piperazine rings is 1. The molecule has 0 bridgehead atoms. The number of carbonyl (C=O) groups excluding carboxylic acids is 1. The lowest BCUT2D eigenvalue weighted by Crippen LogP contribution is -2.51. The minimum absolute atomic E-state index is 0.207. The number of rotatable bonds is 8. The normalized spacial score (nSPS) is 16.6. The molecule has 1 heterocycles. The summed E-state index contributed by atoms with van der Waals surface area (Å²) in [5, 5.41) is 8.61. The molecule has 6 heteroatoms. The highest BCUT2D eigenvalue weighted by molar-refractivity contribution is 5.78. The van der Waals surface area contributed by atoms with Crippen LogP contribution in [0.4, 0.5) is 0 Å². The van der Waals surface area contributed by atoms with Gasteiger partial charge in [0.25, 0.3) is 0 Å². The number of likely N-dealkylation sites (N-methyl/N-ethyl adjacent to an activating group) is 1. The van der Waals surface area contributed by atoms with Crippen molar-refractivity contribution in [1.29, 1.82) is 0 Å². The summed E-state index contributed by atoms with van der Waals surface area (Å²) in [6.07, 6.45) is 0.907. The van der Waals surface area contributed by atoms with E-state index in [-0.39, 0.29) is 12.3 Å². The number of hydrogen-bond acceptors (Lipinski definition) is 4. The molecule has 1 fully saturated rings. The fourth-order valence-electron chi connectivity index (χ4n) is 2.41. The number of carbonyl (C=O) groups is 2. The molecule has 1 rings (SSSR count). The standard InChI is InChI=1S/C14H27N3O3/c1-3-15(4-2)12-13(18)17-10-8-16(9-11-17)7-5-6-14(19)20/h3-12H2,1-2H3,(H,19,20). The Kier molecular flexibility index (Phi) is 7.54. The Morgan fingerprint density at radius 1 is 1.10 bits per heavy atom. The molecule has 1 saturated heterocycles. The number of aliphatic carboxylic acids is 1. The average Bonchev–Trinajstić information content (AvgIpc) is 2.44. The van der Waals surface area contributed by atoms with Gasteiger partial charge in [0, 0.05) is 32.6 Å². The van der Waals surface area contributed by atoms with Gasteiger partial charge in [-0.15, -0.1) is 0 Å². The van der Waals surface area contributed by atoms with Crippen LogP contribution in [-0.2, 0) is 9.59 Å². The van der Waals surface area contributed by atoms with Crippen LogP contribution in [0.5, 0.6) is 0 Å². The highest BCUT2D eigenvalue weighted by Crippen LogP contribution is 2.05. The first kappa shape index (κ1) is 16.9. The molecule has 0 aromatic carbocycles. The maximum Gasteiger partial charge on any atom is 0.303 e. The van der Waals surface area contributed by atoms with Crippen molar-refractivity contribution in [2.24, 2.45) is 0 Å². The molecule has 20 heavy (non-hydrogen) atoms. The summed E-state index contributed by atoms with van der Waals surface area (Å²) in [5.41, 5.74) is 0. The van der Waals surface area contributed by atoms with Crippen LogP contribution in [0.1, 0.15) is 26.7 Å². The molecule has 0 radical (unpaired) electrons. The smallest absolute Gasteiger partial charge is 0.303 e. The average molecular weight is 285 g/mol. The second-order valence-electron chi connectivity index (χ2n) is 5.18. The first-order chi connectivity index (χ1) is 9.56. The van der Waals surface area contributed by atoms with Crippen LogP contribution in [-0.4, -0.2) is 84.0 Å². The molecular formula is C14H27N3O3. The molecule has 0 aromatic rings. The lowest BCUT2D eigenvalue weighted by Gasteiger charge is -2.35. The van der Waals surface area contributed by atoms with E-state index in [1.54, 1.807) is 0 Å². The van der Waals surface area contributed by atoms with Gasteiger partial charge in [0.2, 0.25) is 5.91 Å². The van der Waals surface area contributed by atoms with Crippen molar-refractivity contribution in [2.75, 3.05) is 52.4 Å². The van der Waals surface area contributed by atoms with Crippen molar-refractivity contribution in [3.63, 3.8) is 0 Å². The van der Waals surface area contributed by atoms with Gasteiger partial charge in [-0.2, -0.15) is 0 Å². The van der Waals surface area contributed by atoms with Crippen LogP contribution in [0.25, 0.3) is 0 Å². The predicted molar refractivity (Wildman–Crippen MR) is 77.7 cm³/mol. The largest absolute Gasteiger partial charge is 0.481 e. The van der Waals surface area contributed by atoms with E-state index in [0.29, 0.717) is 13.0 Å². The Balaban J connectivity index is 2.24. The number of carboxylic acids is 1. The van der Waals surface area contributed by atoms with Crippen LogP contribution in [0.15, 0.2) is 0 Å². The number of nitrogens with zero attached hydrogens (tertiary/aromatic N) is 3. The molecule has 1 aliphatic heterocycles. The third-order valence-electron chi connectivity index (χ3n) is 3.84. The van der Waals surface area contributed by atoms with Gasteiger partial charge < -0.3 is 10.0 Å². The van der Waals surface area contributed by atoms with E-state index in [4.69, 9.17) is 5.11 Å². The summed E-state index contributed by atoms with van der Waals surface area (Å²) in [7, 11) is 0. The van der Waals surface area contributed by atoms with Crippen molar-refractivity contribution in [3.8, 4) is 0 Å². The van der Waals surface area contributed by atoms with E-state index in [1.165, 1.54) is 0 Å². The van der Waals surface area contributed by atoms with E-state index in [2.05, 4.69) is 23.6 Å². The molecule has 0 aromatic heterocycles. The van der Waals surface area contributed by atoms with E-state index < -0.39 is 5.97 Å². The Morgan fingerprint density at radius 3 is 2.20 bits per heavy atom. The highest BCUT2D eigenvalue weighted by Gasteiger charge is 2.21. The Labute approximate surface area is 121 Å². The molecular weight excluding hydrogens is 258 g/mol. The number of amides is 1. The van der Waals surface area contributed by atoms with Crippen LogP contribution < -0.4 is 0 Å². The zero-order valence-electron chi connectivity index (χ0n) is 12.7. The summed E-state index contributed by atoms with van der Waals surface area (Å²) >= 11 is 0. The molecule has 1 aliphatic rings. The van der Waals surface area contributed by atoms with Gasteiger partial charge in [-0.3, -0.25) is 19.4 Å². The molecule has 0 unspecified atom stereocenters. The maximum atomic E-state index is 12.1. The van der Waals surface area contributed by atoms with Gasteiger partial charge in [-0.1, -0.05) is 13.8 Å². The second kappa shape index (κ2) is 8.92. The molecule has 0 aliphatic carbocycles. The van der Waals surface area contributed by atoms with Gasteiger partial charge >= 0.3 is 5.97 Å². The number of hydrogen-bond donors (Lipinski definition) is 1. The van der Waals surface area contributed by atoms with Crippen LogP contribution in [0, 0.1) is 0 Å². The first-order valence-electron chi connectivity index (χ1n) is 7.51. The van der Waals surface area contributed by atoms with Gasteiger partial charge in [0.1, 0.15) is 0 Å². The molecule has 0 saturated carbocycles. The monoisotopic (exact) mass is 285 g/mol. The summed E-state index contributed by atoms with van der Waals surface area (Å²) in [5.74, 6) is -0.531. The predicted octanol–water partition coefficient (Wildman–Crippen LogP) is 0.337. The lowest BCUT2D eigenvalue weighted by atomic mass is 10.2. The molecule has 6 nitrogen and oxygen atoms in total. The number of carboxylic acid groups (broad SMARTS) is 1. The maximum absolute atomic E-state index is 12.1. The van der Waals surface area contributed by atoms with Crippen molar-refractivity contribution < 1.29 is 14.7 Å². The van der Waals surface area contributed by atoms with Crippen LogP contribution >= 0.6 is 0 Å². The van der Waals surface area contributed by atoms with Gasteiger partial charge in [-0.25, -0.2) is 0 Å². The molecule has 116 valence electrons. The minimum atomic E-state index is -0.738. The Bertz CT molecular complexity index is 311. The minimum Gasteiger partial charge on any atom is -0.481 e. The van der Waals surface area contributed by atoms with Crippen LogP contribution in [0.3, 0.4) is 0 Å². The second-order valence-corrected chi connectivity index (χ2v) is 5.18. The van der Waals surface area contributed by atoms with E-state index in [9.17, 15) is 9.59 Å². The lowest BCUT2D eigenvalue weighted by molar-refractivity contribution is -0.137. The topological polar surface area (TPSA) is 64.1 Å². The van der Waals surface area contributed by atoms with Crippen molar-refractivity contribution in [1.82, 2.24) is 14.7 Å². The highest BCUT2D eigenvalue weighted by atomic mass is 16.4. The van der Waals surface area contributed by atoms with E-state index in [1.807, 2.05) is 4.90 Å². The van der Waals surface area contributed by atoms with E-state index >= 15 is 0 Å². The fraction of sp³-hybridized carbons (Fsp3) is 0.857. The third kappa shape index (κ3) is 5.88. The first-order valence-corrected chi connectivity index (χ1v) is 7.51. The zero-order chi connectivity index (χ0) is 15.0. The van der Waals surface area contributed by atoms with Gasteiger partial charge in [-0.05, 0) is 26.1 Å². The van der Waals surface area contributed by atoms with E-state index in [0.717, 1.165) is 45.8 Å². The Morgan fingerprint density at radius 2 is 1.70 bits per heavy atom. The zero-order valence-corrected chi connectivity index (χ0v) is 12.7. The van der Waals surface area contributed by atoms with Crippen molar-refractivity contribution in [3.05, 3.63) is 0 Å². The molecule has 0 atom stereocenters. The quantitative estimate of drug-likeness (QED) is 0.696. The summed E-state index contributed by atoms with van der Waals surface area (Å²) in [6, 6.07) is 0. The van der Waals surface area contributed by atoms with Gasteiger partial charge in [0.15, 0.2) is 0 Å². The van der Waals surface area contributed by atoms with Gasteiger partial charge in [0.05, 0.1) is 6.54 Å². The Hall–Kier alpha value is -1.14. The van der Waals surface area contributed by atoms with Crippen LogP contribution in [0.2, 0.25) is 0 Å². The summed E-state index contributed by atoms with van der Waals surface area (Å²) in [4.78, 5) is 28.9. The third-order valence-corrected chi connectivity index (χ3v) is 3.84. The molecule has 1 amide bonds. The fourth-order valence-corrected chi connectivity index (χ4v) is 2.41. The summed E-state index contributed by atoms with van der Waals surface area (Å²) in [6.45, 7) is 10.5.